The van der Waals surface area contributed by atoms with Crippen LogP contribution in [-0.2, 0) is 0 Å². The molecule has 0 bridgehead atoms. The van der Waals surface area contributed by atoms with Gasteiger partial charge in [-0.05, 0) is 6.92 Å². The van der Waals surface area contributed by atoms with E-state index >= 15 is 0 Å². The fourth-order valence-corrected chi connectivity index (χ4v) is 1.09. The molecule has 1 fully saturated rings. The first-order valence-electron chi connectivity index (χ1n) is 2.81. The van der Waals surface area contributed by atoms with Crippen LogP contribution in [-0.4, -0.2) is 29.0 Å². The van der Waals surface area contributed by atoms with Crippen LogP contribution in [0.15, 0.2) is 0 Å². The predicted octanol–water partition coefficient (Wildman–Crippen LogP) is -0.363. The highest BCUT2D eigenvalue weighted by Crippen LogP contribution is 2.12. The fourth-order valence-electron chi connectivity index (χ4n) is 0.881. The predicted molar refractivity (Wildman–Crippen MR) is 36.2 cm³/mol. The summed E-state index contributed by atoms with van der Waals surface area (Å²) in [7, 11) is 0. The van der Waals surface area contributed by atoms with Crippen LogP contribution in [0.4, 0.5) is 0 Å². The second kappa shape index (κ2) is 2.25. The van der Waals surface area contributed by atoms with Crippen molar-refractivity contribution in [3.8, 4) is 0 Å². The molecule has 0 radical (unpaired) electrons. The van der Waals surface area contributed by atoms with Crippen molar-refractivity contribution in [3.05, 3.63) is 0 Å². The van der Waals surface area contributed by atoms with Gasteiger partial charge in [0, 0.05) is 17.8 Å². The Balaban J connectivity index is 2.44. The Kier molecular flexibility index (Phi) is 1.80. The second-order valence-electron chi connectivity index (χ2n) is 2.25. The van der Waals surface area contributed by atoms with E-state index in [1.165, 1.54) is 0 Å². The molecule has 1 aliphatic rings. The zero-order valence-corrected chi connectivity index (χ0v) is 5.73. The third-order valence-corrected chi connectivity index (χ3v) is 2.35. The Morgan fingerprint density at radius 2 is 2.38 bits per heavy atom. The van der Waals surface area contributed by atoms with Gasteiger partial charge in [-0.25, -0.2) is 0 Å². The maximum Gasteiger partial charge on any atom is 0.0795 e. The molecular formula is C5H11NOS. The van der Waals surface area contributed by atoms with Gasteiger partial charge in [0.2, 0.25) is 0 Å². The molecule has 0 aromatic carbocycles. The second-order valence-corrected chi connectivity index (χ2v) is 2.85. The van der Waals surface area contributed by atoms with E-state index in [4.69, 9.17) is 5.11 Å². The summed E-state index contributed by atoms with van der Waals surface area (Å²) in [4.78, 5) is 0. The van der Waals surface area contributed by atoms with Crippen LogP contribution >= 0.6 is 12.6 Å². The lowest BCUT2D eigenvalue weighted by molar-refractivity contribution is 0.199. The van der Waals surface area contributed by atoms with Gasteiger partial charge >= 0.3 is 0 Å². The number of aliphatic hydroxyl groups is 1. The normalized spacial score (nSPS) is 47.6. The molecule has 0 aliphatic carbocycles. The van der Waals surface area contributed by atoms with Crippen molar-refractivity contribution in [2.45, 2.75) is 24.3 Å². The molecule has 2 N–H and O–H groups in total. The van der Waals surface area contributed by atoms with Crippen molar-refractivity contribution in [1.29, 1.82) is 0 Å². The summed E-state index contributed by atoms with van der Waals surface area (Å²) in [6.07, 6.45) is -0.256. The highest BCUT2D eigenvalue weighted by molar-refractivity contribution is 7.81. The molecule has 3 heteroatoms. The van der Waals surface area contributed by atoms with Gasteiger partial charge in [-0.2, -0.15) is 12.6 Å². The summed E-state index contributed by atoms with van der Waals surface area (Å²) in [6.45, 7) is 2.71. The largest absolute Gasteiger partial charge is 0.391 e. The summed E-state index contributed by atoms with van der Waals surface area (Å²) in [5.74, 6) is 0. The Bertz CT molecular complexity index is 78.5. The van der Waals surface area contributed by atoms with Crippen LogP contribution in [0, 0.1) is 0 Å². The van der Waals surface area contributed by atoms with Gasteiger partial charge < -0.3 is 10.4 Å². The van der Waals surface area contributed by atoms with E-state index < -0.39 is 0 Å². The molecule has 1 saturated heterocycles. The van der Waals surface area contributed by atoms with Crippen LogP contribution in [0.1, 0.15) is 6.92 Å². The third kappa shape index (κ3) is 0.989. The molecule has 0 aromatic rings. The van der Waals surface area contributed by atoms with Gasteiger partial charge in [-0.1, -0.05) is 0 Å². The van der Waals surface area contributed by atoms with E-state index in [1.807, 2.05) is 6.92 Å². The summed E-state index contributed by atoms with van der Waals surface area (Å²) >= 11 is 4.17. The van der Waals surface area contributed by atoms with E-state index in [0.717, 1.165) is 0 Å². The van der Waals surface area contributed by atoms with Gasteiger partial charge in [-0.3, -0.25) is 0 Å². The zero-order valence-electron chi connectivity index (χ0n) is 4.83. The van der Waals surface area contributed by atoms with Gasteiger partial charge in [0.05, 0.1) is 6.10 Å². The SMILES string of the molecule is CC1NCC(O)C1S. The highest BCUT2D eigenvalue weighted by atomic mass is 32.1. The van der Waals surface area contributed by atoms with Crippen molar-refractivity contribution in [1.82, 2.24) is 5.32 Å². The van der Waals surface area contributed by atoms with Crippen molar-refractivity contribution in [2.24, 2.45) is 0 Å². The molecule has 0 aromatic heterocycles. The zero-order chi connectivity index (χ0) is 6.15. The van der Waals surface area contributed by atoms with Gasteiger partial charge in [0.1, 0.15) is 0 Å². The molecule has 2 nitrogen and oxygen atoms in total. The van der Waals surface area contributed by atoms with Crippen LogP contribution in [0.3, 0.4) is 0 Å². The van der Waals surface area contributed by atoms with Crippen molar-refractivity contribution in [3.63, 3.8) is 0 Å². The lowest BCUT2D eigenvalue weighted by Gasteiger charge is -2.08. The number of β-amino-alcohol motifs (C(OH)–C–C–N with tert-alkyl or cyclic N) is 1. The van der Waals surface area contributed by atoms with Gasteiger partial charge in [-0.15, -0.1) is 0 Å². The first-order valence-corrected chi connectivity index (χ1v) is 3.33. The average Bonchev–Trinajstić information content (AvgIpc) is 1.98. The summed E-state index contributed by atoms with van der Waals surface area (Å²) in [5, 5.41) is 12.2. The molecule has 0 spiro atoms. The maximum atomic E-state index is 9.03. The van der Waals surface area contributed by atoms with Crippen molar-refractivity contribution >= 4 is 12.6 Å². The molecule has 48 valence electrons. The van der Waals surface area contributed by atoms with Gasteiger partial charge in [0.15, 0.2) is 0 Å². The first-order chi connectivity index (χ1) is 3.72. The standard InChI is InChI=1S/C5H11NOS/c1-3-5(8)4(7)2-6-3/h3-8H,2H2,1H3. The van der Waals surface area contributed by atoms with E-state index in [2.05, 4.69) is 17.9 Å². The third-order valence-electron chi connectivity index (χ3n) is 1.56. The average molecular weight is 133 g/mol. The van der Waals surface area contributed by atoms with E-state index in [1.54, 1.807) is 0 Å². The molecule has 1 rings (SSSR count). The molecule has 0 saturated carbocycles. The Morgan fingerprint density at radius 1 is 1.75 bits per heavy atom. The molecule has 3 atom stereocenters. The number of hydrogen-bond donors (Lipinski definition) is 3. The summed E-state index contributed by atoms with van der Waals surface area (Å²) in [5.41, 5.74) is 0. The van der Waals surface area contributed by atoms with Crippen LogP contribution in [0.2, 0.25) is 0 Å². The number of rotatable bonds is 0. The van der Waals surface area contributed by atoms with Crippen molar-refractivity contribution < 1.29 is 5.11 Å². The van der Waals surface area contributed by atoms with Crippen molar-refractivity contribution in [2.75, 3.05) is 6.54 Å². The minimum atomic E-state index is -0.256. The minimum Gasteiger partial charge on any atom is -0.391 e. The topological polar surface area (TPSA) is 32.3 Å². The van der Waals surface area contributed by atoms with Crippen LogP contribution < -0.4 is 5.32 Å². The number of aliphatic hydroxyl groups excluding tert-OH is 1. The maximum absolute atomic E-state index is 9.03. The molecule has 8 heavy (non-hydrogen) atoms. The molecular weight excluding hydrogens is 122 g/mol. The van der Waals surface area contributed by atoms with E-state index in [9.17, 15) is 0 Å². The Labute approximate surface area is 54.7 Å². The molecule has 0 amide bonds. The Hall–Kier alpha value is 0.270. The van der Waals surface area contributed by atoms with Crippen LogP contribution in [0.5, 0.6) is 0 Å². The summed E-state index contributed by atoms with van der Waals surface area (Å²) in [6, 6.07) is 0.355. The quantitative estimate of drug-likeness (QED) is 0.394. The molecule has 1 aliphatic heterocycles. The number of thiol groups is 1. The van der Waals surface area contributed by atoms with E-state index in [-0.39, 0.29) is 11.4 Å². The lowest BCUT2D eigenvalue weighted by atomic mass is 10.2. The van der Waals surface area contributed by atoms with E-state index in [0.29, 0.717) is 12.6 Å². The molecule has 3 unspecified atom stereocenters. The number of hydrogen-bond acceptors (Lipinski definition) is 3. The molecule has 1 heterocycles. The minimum absolute atomic E-state index is 0.120. The Morgan fingerprint density at radius 3 is 2.50 bits per heavy atom. The first kappa shape index (κ1) is 6.39. The summed E-state index contributed by atoms with van der Waals surface area (Å²) < 4.78 is 0. The fraction of sp³-hybridized carbons (Fsp3) is 1.00. The monoisotopic (exact) mass is 133 g/mol. The smallest absolute Gasteiger partial charge is 0.0795 e. The number of nitrogens with one attached hydrogen (secondary N) is 1. The lowest BCUT2D eigenvalue weighted by Crippen LogP contribution is -2.24. The van der Waals surface area contributed by atoms with Crippen LogP contribution in [0.25, 0.3) is 0 Å². The highest BCUT2D eigenvalue weighted by Gasteiger charge is 2.27. The van der Waals surface area contributed by atoms with Gasteiger partial charge in [0.25, 0.3) is 0 Å².